The summed E-state index contributed by atoms with van der Waals surface area (Å²) in [6.07, 6.45) is 0. The minimum atomic E-state index is 0.0572. The van der Waals surface area contributed by atoms with Gasteiger partial charge in [-0.3, -0.25) is 4.90 Å². The van der Waals surface area contributed by atoms with Crippen LogP contribution in [0.4, 0.5) is 17.3 Å². The van der Waals surface area contributed by atoms with Crippen molar-refractivity contribution in [3.05, 3.63) is 83.4 Å². The molecule has 1 aliphatic heterocycles. The van der Waals surface area contributed by atoms with Crippen molar-refractivity contribution in [3.63, 3.8) is 0 Å². The van der Waals surface area contributed by atoms with Crippen molar-refractivity contribution in [3.8, 4) is 22.3 Å². The van der Waals surface area contributed by atoms with Crippen molar-refractivity contribution in [1.82, 2.24) is 15.0 Å². The van der Waals surface area contributed by atoms with E-state index in [9.17, 15) is 0 Å². The van der Waals surface area contributed by atoms with Gasteiger partial charge >= 0.3 is 0 Å². The number of halogens is 2. The summed E-state index contributed by atoms with van der Waals surface area (Å²) in [6, 6.07) is 24.7. The van der Waals surface area contributed by atoms with E-state index < -0.39 is 0 Å². The lowest BCUT2D eigenvalue weighted by molar-refractivity contribution is 1.01. The molecule has 130 valence electrons. The third kappa shape index (κ3) is 2.65. The minimum Gasteiger partial charge on any atom is -0.278 e. The van der Waals surface area contributed by atoms with Crippen LogP contribution in [-0.2, 0) is 0 Å². The Kier molecular flexibility index (Phi) is 3.81. The third-order valence-electron chi connectivity index (χ3n) is 4.57. The average Bonchev–Trinajstić information content (AvgIpc) is 2.80. The quantitative estimate of drug-likeness (QED) is 0.337. The van der Waals surface area contributed by atoms with Gasteiger partial charge in [-0.25, -0.2) is 0 Å². The molecule has 0 N–H and O–H groups in total. The smallest absolute Gasteiger partial charge is 0.240 e. The summed E-state index contributed by atoms with van der Waals surface area (Å²) in [4.78, 5) is 14.6. The number of benzene rings is 3. The van der Waals surface area contributed by atoms with E-state index in [1.807, 2.05) is 53.4 Å². The predicted molar refractivity (Wildman–Crippen MR) is 109 cm³/mol. The Bertz CT molecular complexity index is 1090. The summed E-state index contributed by atoms with van der Waals surface area (Å²) in [7, 11) is 0. The van der Waals surface area contributed by atoms with Crippen LogP contribution in [0.25, 0.3) is 22.3 Å². The zero-order valence-corrected chi connectivity index (χ0v) is 15.5. The number of para-hydroxylation sites is 2. The Balaban J connectivity index is 1.91. The molecule has 2 heterocycles. The second-order valence-electron chi connectivity index (χ2n) is 6.09. The van der Waals surface area contributed by atoms with Gasteiger partial charge in [0, 0.05) is 11.1 Å². The molecule has 1 aliphatic rings. The molecule has 0 radical (unpaired) electrons. The summed E-state index contributed by atoms with van der Waals surface area (Å²) in [6.45, 7) is 0. The first kappa shape index (κ1) is 16.2. The van der Waals surface area contributed by atoms with E-state index in [0.717, 1.165) is 33.6 Å². The normalized spacial score (nSPS) is 12.0. The second kappa shape index (κ2) is 6.34. The molecule has 5 rings (SSSR count). The van der Waals surface area contributed by atoms with E-state index in [-0.39, 0.29) is 10.6 Å². The van der Waals surface area contributed by atoms with Crippen LogP contribution in [0.1, 0.15) is 0 Å². The van der Waals surface area contributed by atoms with E-state index in [1.54, 1.807) is 0 Å². The topological polar surface area (TPSA) is 41.9 Å². The summed E-state index contributed by atoms with van der Waals surface area (Å²) < 4.78 is 0. The monoisotopic (exact) mass is 390 g/mol. The van der Waals surface area contributed by atoms with E-state index in [1.165, 1.54) is 0 Å². The molecule has 0 atom stereocenters. The van der Waals surface area contributed by atoms with Gasteiger partial charge in [0.2, 0.25) is 16.5 Å². The Morgan fingerprint density at radius 2 is 0.926 bits per heavy atom. The van der Waals surface area contributed by atoms with Crippen molar-refractivity contribution < 1.29 is 0 Å². The molecule has 3 aromatic carbocycles. The standard InChI is InChI=1S/C21H12Cl2N4/c22-19-24-20(23)26-21(25-19)27-17-11-5-3-9-15(17)13-7-1-2-8-14(13)16-10-4-6-12-18(16)27/h1-12H. The lowest BCUT2D eigenvalue weighted by atomic mass is 9.95. The fourth-order valence-electron chi connectivity index (χ4n) is 3.51. The molecule has 6 heteroatoms. The zero-order valence-electron chi connectivity index (χ0n) is 14.0. The van der Waals surface area contributed by atoms with Crippen LogP contribution in [-0.4, -0.2) is 15.0 Å². The summed E-state index contributed by atoms with van der Waals surface area (Å²) >= 11 is 12.2. The predicted octanol–water partition coefficient (Wildman–Crippen LogP) is 6.30. The van der Waals surface area contributed by atoms with E-state index in [2.05, 4.69) is 39.2 Å². The first-order valence-corrected chi connectivity index (χ1v) is 9.13. The zero-order chi connectivity index (χ0) is 18.4. The Morgan fingerprint density at radius 3 is 1.41 bits per heavy atom. The highest BCUT2D eigenvalue weighted by molar-refractivity contribution is 6.31. The first-order valence-electron chi connectivity index (χ1n) is 8.37. The molecule has 0 aliphatic carbocycles. The van der Waals surface area contributed by atoms with Crippen molar-refractivity contribution in [2.45, 2.75) is 0 Å². The van der Waals surface area contributed by atoms with Crippen LogP contribution < -0.4 is 4.90 Å². The van der Waals surface area contributed by atoms with Crippen molar-refractivity contribution in [2.75, 3.05) is 4.90 Å². The number of hydrogen-bond donors (Lipinski definition) is 0. The maximum absolute atomic E-state index is 6.08. The summed E-state index contributed by atoms with van der Waals surface area (Å²) in [5.74, 6) is 0.382. The van der Waals surface area contributed by atoms with Gasteiger partial charge in [-0.1, -0.05) is 60.7 Å². The van der Waals surface area contributed by atoms with Crippen molar-refractivity contribution in [1.29, 1.82) is 0 Å². The Hall–Kier alpha value is -2.95. The van der Waals surface area contributed by atoms with Gasteiger partial charge in [-0.2, -0.15) is 15.0 Å². The van der Waals surface area contributed by atoms with E-state index in [0.29, 0.717) is 5.95 Å². The number of rotatable bonds is 1. The lowest BCUT2D eigenvalue weighted by Gasteiger charge is -2.24. The van der Waals surface area contributed by atoms with Gasteiger partial charge in [0.25, 0.3) is 0 Å². The van der Waals surface area contributed by atoms with Crippen LogP contribution in [0.15, 0.2) is 72.8 Å². The molecule has 27 heavy (non-hydrogen) atoms. The Labute approximate surface area is 166 Å². The Morgan fingerprint density at radius 1 is 0.519 bits per heavy atom. The van der Waals surface area contributed by atoms with Gasteiger partial charge < -0.3 is 0 Å². The van der Waals surface area contributed by atoms with E-state index in [4.69, 9.17) is 23.2 Å². The number of fused-ring (bicyclic) bond motifs is 5. The van der Waals surface area contributed by atoms with Gasteiger partial charge in [0.05, 0.1) is 11.4 Å². The molecule has 4 aromatic rings. The number of hydrogen-bond acceptors (Lipinski definition) is 4. The number of aromatic nitrogens is 3. The molecule has 0 saturated heterocycles. The molecule has 0 unspecified atom stereocenters. The second-order valence-corrected chi connectivity index (χ2v) is 6.76. The van der Waals surface area contributed by atoms with Gasteiger partial charge in [-0.15, -0.1) is 0 Å². The molecule has 0 bridgehead atoms. The molecule has 0 amide bonds. The van der Waals surface area contributed by atoms with Crippen molar-refractivity contribution in [2.24, 2.45) is 0 Å². The molecule has 0 saturated carbocycles. The largest absolute Gasteiger partial charge is 0.278 e. The minimum absolute atomic E-state index is 0.0572. The van der Waals surface area contributed by atoms with Gasteiger partial charge in [0.1, 0.15) is 0 Å². The molecule has 0 fully saturated rings. The van der Waals surface area contributed by atoms with E-state index >= 15 is 0 Å². The number of anilines is 3. The van der Waals surface area contributed by atoms with Crippen LogP contribution >= 0.6 is 23.2 Å². The lowest BCUT2D eigenvalue weighted by Crippen LogP contribution is -2.14. The first-order chi connectivity index (χ1) is 13.2. The highest BCUT2D eigenvalue weighted by atomic mass is 35.5. The van der Waals surface area contributed by atoms with Gasteiger partial charge in [0.15, 0.2) is 0 Å². The molecular weight excluding hydrogens is 379 g/mol. The fraction of sp³-hybridized carbons (Fsp3) is 0. The molecular formula is C21H12Cl2N4. The fourth-order valence-corrected chi connectivity index (χ4v) is 3.86. The van der Waals surface area contributed by atoms with Crippen molar-refractivity contribution >= 4 is 40.5 Å². The van der Waals surface area contributed by atoms with Crippen LogP contribution in [0.3, 0.4) is 0 Å². The van der Waals surface area contributed by atoms with Crippen LogP contribution in [0.2, 0.25) is 10.6 Å². The van der Waals surface area contributed by atoms with Crippen LogP contribution in [0.5, 0.6) is 0 Å². The molecule has 0 spiro atoms. The third-order valence-corrected chi connectivity index (χ3v) is 4.90. The van der Waals surface area contributed by atoms with Crippen LogP contribution in [0, 0.1) is 0 Å². The maximum Gasteiger partial charge on any atom is 0.240 e. The maximum atomic E-state index is 6.08. The average molecular weight is 391 g/mol. The number of nitrogens with zero attached hydrogens (tertiary/aromatic N) is 4. The highest BCUT2D eigenvalue weighted by Crippen LogP contribution is 2.49. The summed E-state index contributed by atoms with van der Waals surface area (Å²) in [5.41, 5.74) is 6.36. The molecule has 1 aromatic heterocycles. The van der Waals surface area contributed by atoms with Gasteiger partial charge in [-0.05, 0) is 46.5 Å². The highest BCUT2D eigenvalue weighted by Gasteiger charge is 2.27. The summed E-state index contributed by atoms with van der Waals surface area (Å²) in [5, 5.41) is 0.114. The molecule has 4 nitrogen and oxygen atoms in total. The SMILES string of the molecule is Clc1nc(Cl)nc(N2c3ccccc3-c3ccccc3-c3ccccc32)n1.